The average molecular weight is 504 g/mol. The zero-order chi connectivity index (χ0) is 26.2. The number of nitrogens with one attached hydrogen (secondary N) is 1. The Balaban J connectivity index is 1.54. The van der Waals surface area contributed by atoms with E-state index in [1.807, 2.05) is 24.3 Å². The summed E-state index contributed by atoms with van der Waals surface area (Å²) in [5.41, 5.74) is 3.05. The minimum atomic E-state index is -1.34. The van der Waals surface area contributed by atoms with Crippen molar-refractivity contribution < 1.29 is 32.9 Å². The van der Waals surface area contributed by atoms with Crippen LogP contribution in [-0.4, -0.2) is 29.8 Å². The maximum atomic E-state index is 13.2. The number of carbonyl (C=O) groups excluding carboxylic acids is 2. The lowest BCUT2D eigenvalue weighted by Gasteiger charge is -2.36. The largest absolute Gasteiger partial charge is 0.493 e. The predicted octanol–water partition coefficient (Wildman–Crippen LogP) is 5.48. The van der Waals surface area contributed by atoms with Gasteiger partial charge >= 0.3 is 11.9 Å². The van der Waals surface area contributed by atoms with E-state index >= 15 is 0 Å². The summed E-state index contributed by atoms with van der Waals surface area (Å²) in [5, 5.41) is 0.869. The summed E-state index contributed by atoms with van der Waals surface area (Å²) in [7, 11) is 1.51. The number of H-pyrrole nitrogens is 1. The average Bonchev–Trinajstić information content (AvgIpc) is 3.29. The molecule has 1 aromatic heterocycles. The number of rotatable bonds is 7. The number of ether oxygens (including phenoxy) is 4. The summed E-state index contributed by atoms with van der Waals surface area (Å²) < 4.78 is 35.7. The molecule has 37 heavy (non-hydrogen) atoms. The second-order valence-electron chi connectivity index (χ2n) is 9.31. The van der Waals surface area contributed by atoms with E-state index in [4.69, 9.17) is 18.9 Å². The van der Waals surface area contributed by atoms with Gasteiger partial charge < -0.3 is 23.9 Å². The molecule has 1 N–H and O–H groups in total. The lowest BCUT2D eigenvalue weighted by Crippen LogP contribution is -2.48. The third-order valence-corrected chi connectivity index (χ3v) is 6.34. The first-order valence-corrected chi connectivity index (χ1v) is 11.8. The van der Waals surface area contributed by atoms with Crippen molar-refractivity contribution in [2.24, 2.45) is 5.92 Å². The molecule has 0 bridgehead atoms. The predicted molar refractivity (Wildman–Crippen MR) is 134 cm³/mol. The maximum absolute atomic E-state index is 13.2. The van der Waals surface area contributed by atoms with Crippen LogP contribution in [0.3, 0.4) is 0 Å². The van der Waals surface area contributed by atoms with Gasteiger partial charge in [-0.25, -0.2) is 4.39 Å². The standard InChI is InChI=1S/C29H26FNO6/c1-29(2)36-27(32)26(28(33)37-29)25(21-15-31-22-7-5-4-6-20(21)22)18-10-13-23(24(14-18)34-3)35-16-17-8-11-19(30)12-9-17/h4-15,25-26,31H,16H2,1-3H3/t25-/m0/s1. The molecule has 1 fully saturated rings. The van der Waals surface area contributed by atoms with Crippen molar-refractivity contribution in [2.75, 3.05) is 7.11 Å². The van der Waals surface area contributed by atoms with Crippen LogP contribution in [0.25, 0.3) is 10.9 Å². The highest BCUT2D eigenvalue weighted by Crippen LogP contribution is 2.43. The topological polar surface area (TPSA) is 86.9 Å². The van der Waals surface area contributed by atoms with Crippen LogP contribution in [0.2, 0.25) is 0 Å². The Morgan fingerprint density at radius 1 is 0.973 bits per heavy atom. The lowest BCUT2D eigenvalue weighted by atomic mass is 9.80. The van der Waals surface area contributed by atoms with Gasteiger partial charge in [0.05, 0.1) is 7.11 Å². The Bertz CT molecular complexity index is 1440. The number of hydrogen-bond donors (Lipinski definition) is 1. The summed E-state index contributed by atoms with van der Waals surface area (Å²) in [6, 6.07) is 18.9. The fraction of sp³-hybridized carbons (Fsp3) is 0.241. The number of carbonyl (C=O) groups is 2. The molecule has 0 spiro atoms. The van der Waals surface area contributed by atoms with E-state index in [-0.39, 0.29) is 12.4 Å². The normalized spacial score (nSPS) is 16.2. The molecule has 0 aliphatic carbocycles. The van der Waals surface area contributed by atoms with Crippen LogP contribution in [0, 0.1) is 11.7 Å². The Labute approximate surface area is 213 Å². The van der Waals surface area contributed by atoms with Crippen LogP contribution in [0.4, 0.5) is 4.39 Å². The van der Waals surface area contributed by atoms with Crippen LogP contribution in [0.1, 0.15) is 36.5 Å². The van der Waals surface area contributed by atoms with Crippen molar-refractivity contribution >= 4 is 22.8 Å². The highest BCUT2D eigenvalue weighted by Gasteiger charge is 2.48. The molecule has 5 rings (SSSR count). The molecule has 0 saturated carbocycles. The summed E-state index contributed by atoms with van der Waals surface area (Å²) in [6.07, 6.45) is 1.79. The molecular weight excluding hydrogens is 477 g/mol. The van der Waals surface area contributed by atoms with E-state index < -0.39 is 29.6 Å². The van der Waals surface area contributed by atoms with E-state index in [0.717, 1.165) is 22.0 Å². The van der Waals surface area contributed by atoms with Gasteiger partial charge in [-0.3, -0.25) is 9.59 Å². The first-order chi connectivity index (χ1) is 17.8. The highest BCUT2D eigenvalue weighted by molar-refractivity contribution is 5.99. The van der Waals surface area contributed by atoms with Crippen molar-refractivity contribution in [3.63, 3.8) is 0 Å². The summed E-state index contributed by atoms with van der Waals surface area (Å²) >= 11 is 0. The first kappa shape index (κ1) is 24.4. The van der Waals surface area contributed by atoms with Crippen molar-refractivity contribution in [1.29, 1.82) is 0 Å². The fourth-order valence-electron chi connectivity index (χ4n) is 4.64. The van der Waals surface area contributed by atoms with Crippen LogP contribution < -0.4 is 9.47 Å². The summed E-state index contributed by atoms with van der Waals surface area (Å²) in [4.78, 5) is 29.5. The number of aromatic amines is 1. The van der Waals surface area contributed by atoms with Gasteiger partial charge in [-0.15, -0.1) is 0 Å². The zero-order valence-corrected chi connectivity index (χ0v) is 20.6. The molecule has 2 heterocycles. The van der Waals surface area contributed by atoms with Gasteiger partial charge in [0, 0.05) is 36.9 Å². The maximum Gasteiger partial charge on any atom is 0.324 e. The third kappa shape index (κ3) is 4.87. The molecule has 3 aromatic carbocycles. The second kappa shape index (κ2) is 9.61. The van der Waals surface area contributed by atoms with Gasteiger partial charge in [0.2, 0.25) is 0 Å². The summed E-state index contributed by atoms with van der Waals surface area (Å²) in [6.45, 7) is 3.25. The van der Waals surface area contributed by atoms with Crippen LogP contribution in [0.5, 0.6) is 11.5 Å². The molecule has 0 radical (unpaired) electrons. The number of fused-ring (bicyclic) bond motifs is 1. The summed E-state index contributed by atoms with van der Waals surface area (Å²) in [5.74, 6) is -4.04. The molecular formula is C29H26FNO6. The van der Waals surface area contributed by atoms with E-state index in [0.29, 0.717) is 17.1 Å². The molecule has 1 saturated heterocycles. The van der Waals surface area contributed by atoms with Crippen molar-refractivity contribution in [3.8, 4) is 11.5 Å². The Morgan fingerprint density at radius 3 is 2.38 bits per heavy atom. The Morgan fingerprint density at radius 2 is 1.68 bits per heavy atom. The number of methoxy groups -OCH3 is 1. The van der Waals surface area contributed by atoms with Gasteiger partial charge in [-0.1, -0.05) is 36.4 Å². The third-order valence-electron chi connectivity index (χ3n) is 6.34. The first-order valence-electron chi connectivity index (χ1n) is 11.8. The number of benzene rings is 3. The quantitative estimate of drug-likeness (QED) is 0.266. The zero-order valence-electron chi connectivity index (χ0n) is 20.6. The number of halogens is 1. The molecule has 1 atom stereocenters. The minimum Gasteiger partial charge on any atom is -0.493 e. The number of esters is 2. The number of hydrogen-bond acceptors (Lipinski definition) is 6. The molecule has 190 valence electrons. The smallest absolute Gasteiger partial charge is 0.324 e. The van der Waals surface area contributed by atoms with Gasteiger partial charge in [0.15, 0.2) is 17.4 Å². The van der Waals surface area contributed by atoms with Crippen LogP contribution in [-0.2, 0) is 25.7 Å². The lowest BCUT2D eigenvalue weighted by molar-refractivity contribution is -0.240. The molecule has 4 aromatic rings. The molecule has 1 aliphatic rings. The number of para-hydroxylation sites is 1. The van der Waals surface area contributed by atoms with E-state index in [9.17, 15) is 14.0 Å². The van der Waals surface area contributed by atoms with E-state index in [1.54, 1.807) is 36.5 Å². The molecule has 1 aliphatic heterocycles. The monoisotopic (exact) mass is 503 g/mol. The van der Waals surface area contributed by atoms with Crippen LogP contribution >= 0.6 is 0 Å². The van der Waals surface area contributed by atoms with Crippen molar-refractivity contribution in [3.05, 3.63) is 95.4 Å². The Hall–Kier alpha value is -4.33. The SMILES string of the molecule is COc1cc([C@@H](c2c[nH]c3ccccc23)C2C(=O)OC(C)(C)OC2=O)ccc1OCc1ccc(F)cc1. The van der Waals surface area contributed by atoms with E-state index in [1.165, 1.54) is 33.1 Å². The van der Waals surface area contributed by atoms with Crippen LogP contribution in [0.15, 0.2) is 72.9 Å². The fourth-order valence-corrected chi connectivity index (χ4v) is 4.64. The minimum absolute atomic E-state index is 0.207. The Kier molecular flexibility index (Phi) is 6.33. The van der Waals surface area contributed by atoms with Gasteiger partial charge in [-0.2, -0.15) is 0 Å². The number of aromatic nitrogens is 1. The van der Waals surface area contributed by atoms with Gasteiger partial charge in [0.25, 0.3) is 5.79 Å². The van der Waals surface area contributed by atoms with Gasteiger partial charge in [-0.05, 0) is 47.0 Å². The van der Waals surface area contributed by atoms with Gasteiger partial charge in [0.1, 0.15) is 12.4 Å². The number of cyclic esters (lactones) is 2. The van der Waals surface area contributed by atoms with Crippen molar-refractivity contribution in [2.45, 2.75) is 32.2 Å². The highest BCUT2D eigenvalue weighted by atomic mass is 19.1. The molecule has 0 unspecified atom stereocenters. The molecule has 8 heteroatoms. The molecule has 7 nitrogen and oxygen atoms in total. The molecule has 0 amide bonds. The second-order valence-corrected chi connectivity index (χ2v) is 9.31. The van der Waals surface area contributed by atoms with E-state index in [2.05, 4.69) is 4.98 Å². The van der Waals surface area contributed by atoms with Crippen molar-refractivity contribution in [1.82, 2.24) is 4.98 Å².